The zero-order valence-electron chi connectivity index (χ0n) is 16.8. The molecule has 12 nitrogen and oxygen atoms in total. The molecule has 3 aromatic rings. The molecule has 1 aliphatic heterocycles. The third-order valence-corrected chi connectivity index (χ3v) is 6.58. The highest BCUT2D eigenvalue weighted by atomic mass is 32.2. The van der Waals surface area contributed by atoms with E-state index in [0.717, 1.165) is 22.3 Å². The Bertz CT molecular complexity index is 1320. The number of hydrogen-bond acceptors (Lipinski definition) is 8. The number of nitrogens with one attached hydrogen (secondary N) is 1. The minimum absolute atomic E-state index is 0.0480. The quantitative estimate of drug-likeness (QED) is 0.509. The first-order valence-electron chi connectivity index (χ1n) is 9.10. The maximum atomic E-state index is 12.0. The molecule has 166 valence electrons. The van der Waals surface area contributed by atoms with Crippen LogP contribution in [0, 0.1) is 11.3 Å². The molecule has 14 heteroatoms. The molecule has 0 unspecified atom stereocenters. The molecule has 1 saturated heterocycles. The fraction of sp³-hybridized carbons (Fsp3) is 0.412. The number of nitrogens with zero attached hydrogens (tertiary/aromatic N) is 6. The van der Waals surface area contributed by atoms with E-state index in [4.69, 9.17) is 4.55 Å². The second-order valence-electron chi connectivity index (χ2n) is 7.10. The Kier molecular flexibility index (Phi) is 6.14. The van der Waals surface area contributed by atoms with Gasteiger partial charge < -0.3 is 4.98 Å². The fourth-order valence-electron chi connectivity index (χ4n) is 3.28. The van der Waals surface area contributed by atoms with Gasteiger partial charge in [0.2, 0.25) is 10.0 Å². The lowest BCUT2D eigenvalue weighted by molar-refractivity contribution is 0.0719. The van der Waals surface area contributed by atoms with Gasteiger partial charge in [-0.2, -0.15) is 23.1 Å². The lowest BCUT2D eigenvalue weighted by Crippen LogP contribution is -2.64. The molecular formula is C17H21N7O5S2. The number of nitriles is 1. The fourth-order valence-corrected chi connectivity index (χ4v) is 4.52. The molecule has 0 aromatic carbocycles. The van der Waals surface area contributed by atoms with E-state index in [1.807, 2.05) is 12.3 Å². The van der Waals surface area contributed by atoms with Gasteiger partial charge in [0, 0.05) is 36.4 Å². The summed E-state index contributed by atoms with van der Waals surface area (Å²) in [6, 6.07) is 4.06. The molecule has 0 radical (unpaired) electrons. The van der Waals surface area contributed by atoms with Crippen molar-refractivity contribution in [2.24, 2.45) is 0 Å². The first-order valence-corrected chi connectivity index (χ1v) is 12.6. The van der Waals surface area contributed by atoms with Crippen molar-refractivity contribution < 1.29 is 21.4 Å². The van der Waals surface area contributed by atoms with Gasteiger partial charge in [-0.15, -0.1) is 0 Å². The molecule has 0 spiro atoms. The molecule has 1 fully saturated rings. The van der Waals surface area contributed by atoms with E-state index in [2.05, 4.69) is 26.1 Å². The highest BCUT2D eigenvalue weighted by Crippen LogP contribution is 2.35. The van der Waals surface area contributed by atoms with Crippen LogP contribution in [-0.4, -0.2) is 75.5 Å². The van der Waals surface area contributed by atoms with Crippen molar-refractivity contribution in [2.45, 2.75) is 18.9 Å². The number of aromatic nitrogens is 5. The predicted octanol–water partition coefficient (Wildman–Crippen LogP) is 0.600. The summed E-state index contributed by atoms with van der Waals surface area (Å²) in [5.74, 6) is 0.0480. The number of H-pyrrole nitrogens is 1. The number of hydrogen-bond donors (Lipinski definition) is 2. The van der Waals surface area contributed by atoms with Gasteiger partial charge in [-0.05, 0) is 13.0 Å². The Hall–Kier alpha value is -2.86. The maximum absolute atomic E-state index is 12.0. The average molecular weight is 468 g/mol. The smallest absolute Gasteiger partial charge is 0.261 e. The first-order chi connectivity index (χ1) is 14.5. The lowest BCUT2D eigenvalue weighted by Gasteiger charge is -2.47. The van der Waals surface area contributed by atoms with Crippen LogP contribution >= 0.6 is 0 Å². The summed E-state index contributed by atoms with van der Waals surface area (Å²) in [7, 11) is -6.93. The van der Waals surface area contributed by atoms with Crippen LogP contribution in [0.1, 0.15) is 13.3 Å². The molecule has 31 heavy (non-hydrogen) atoms. The van der Waals surface area contributed by atoms with Crippen molar-refractivity contribution in [1.29, 1.82) is 5.26 Å². The SMILES string of the molecule is CCS(=O)(=O)N1CC(CC#N)(n2cc(-c3ncnc4[nH]ccc34)cn2)C1.CS(=O)(=O)O. The minimum atomic E-state index is -3.67. The van der Waals surface area contributed by atoms with Gasteiger partial charge in [0.15, 0.2) is 0 Å². The molecule has 4 heterocycles. The van der Waals surface area contributed by atoms with Crippen molar-refractivity contribution in [3.63, 3.8) is 0 Å². The summed E-state index contributed by atoms with van der Waals surface area (Å²) >= 11 is 0. The maximum Gasteiger partial charge on any atom is 0.261 e. The van der Waals surface area contributed by atoms with Crippen LogP contribution in [0.15, 0.2) is 31.0 Å². The van der Waals surface area contributed by atoms with Crippen LogP contribution < -0.4 is 0 Å². The summed E-state index contributed by atoms with van der Waals surface area (Å²) < 4.78 is 53.1. The van der Waals surface area contributed by atoms with E-state index in [0.29, 0.717) is 6.26 Å². The van der Waals surface area contributed by atoms with E-state index in [-0.39, 0.29) is 25.3 Å². The molecule has 0 aliphatic carbocycles. The molecule has 4 rings (SSSR count). The minimum Gasteiger partial charge on any atom is -0.346 e. The molecule has 2 N–H and O–H groups in total. The van der Waals surface area contributed by atoms with Crippen molar-refractivity contribution in [2.75, 3.05) is 25.1 Å². The molecule has 0 bridgehead atoms. The lowest BCUT2D eigenvalue weighted by atomic mass is 9.89. The van der Waals surface area contributed by atoms with Crippen LogP contribution in [0.3, 0.4) is 0 Å². The normalized spacial score (nSPS) is 16.2. The Balaban J connectivity index is 0.000000491. The summed E-state index contributed by atoms with van der Waals surface area (Å²) in [5.41, 5.74) is 1.64. The number of rotatable bonds is 5. The van der Waals surface area contributed by atoms with Crippen LogP contribution in [-0.2, 0) is 25.7 Å². The van der Waals surface area contributed by atoms with Crippen LogP contribution in [0.5, 0.6) is 0 Å². The summed E-state index contributed by atoms with van der Waals surface area (Å²) in [4.78, 5) is 11.6. The summed E-state index contributed by atoms with van der Waals surface area (Å²) in [6.45, 7) is 2.12. The van der Waals surface area contributed by atoms with Gasteiger partial charge >= 0.3 is 0 Å². The van der Waals surface area contributed by atoms with Gasteiger partial charge in [-0.25, -0.2) is 18.4 Å². The Morgan fingerprint density at radius 2 is 1.97 bits per heavy atom. The number of sulfonamides is 1. The van der Waals surface area contributed by atoms with Gasteiger partial charge in [0.1, 0.15) is 17.5 Å². The van der Waals surface area contributed by atoms with Crippen LogP contribution in [0.2, 0.25) is 0 Å². The highest BCUT2D eigenvalue weighted by Gasteiger charge is 2.49. The van der Waals surface area contributed by atoms with Gasteiger partial charge in [0.25, 0.3) is 10.1 Å². The van der Waals surface area contributed by atoms with E-state index in [9.17, 15) is 22.1 Å². The largest absolute Gasteiger partial charge is 0.346 e. The molecule has 0 atom stereocenters. The van der Waals surface area contributed by atoms with Crippen molar-refractivity contribution in [3.8, 4) is 17.3 Å². The van der Waals surface area contributed by atoms with Gasteiger partial charge in [-0.3, -0.25) is 9.23 Å². The van der Waals surface area contributed by atoms with Crippen LogP contribution in [0.4, 0.5) is 0 Å². The standard InChI is InChI=1S/C16H17N7O2S.CH4O3S/c1-2-26(24,25)22-9-16(10-22,4-5-17)23-8-12(7-21-23)14-13-3-6-18-15(13)20-11-19-14;1-5(2,3)4/h3,6-8,11H,2,4,9-10H2,1H3,(H,18,19,20);1H3,(H,2,3,4). The average Bonchev–Trinajstić information content (AvgIpc) is 3.32. The summed E-state index contributed by atoms with van der Waals surface area (Å²) in [6.07, 6.45) is 7.69. The molecule has 3 aromatic heterocycles. The predicted molar refractivity (Wildman–Crippen MR) is 112 cm³/mol. The van der Waals surface area contributed by atoms with Gasteiger partial charge in [0.05, 0.1) is 36.4 Å². The van der Waals surface area contributed by atoms with E-state index >= 15 is 0 Å². The zero-order chi connectivity index (χ0) is 22.9. The number of aromatic amines is 1. The van der Waals surface area contributed by atoms with E-state index < -0.39 is 25.7 Å². The topological polar surface area (TPSA) is 175 Å². The Labute approximate surface area is 179 Å². The molecule has 0 amide bonds. The van der Waals surface area contributed by atoms with Crippen LogP contribution in [0.25, 0.3) is 22.3 Å². The molecular weight excluding hydrogens is 446 g/mol. The van der Waals surface area contributed by atoms with Crippen molar-refractivity contribution in [3.05, 3.63) is 31.0 Å². The Morgan fingerprint density at radius 1 is 1.29 bits per heavy atom. The molecule has 0 saturated carbocycles. The van der Waals surface area contributed by atoms with Crippen molar-refractivity contribution >= 4 is 31.2 Å². The second-order valence-corrected chi connectivity index (χ2v) is 10.8. The monoisotopic (exact) mass is 467 g/mol. The van der Waals surface area contributed by atoms with Gasteiger partial charge in [-0.1, -0.05) is 0 Å². The third-order valence-electron chi connectivity index (χ3n) is 4.80. The zero-order valence-corrected chi connectivity index (χ0v) is 18.4. The third kappa shape index (κ3) is 4.90. The number of fused-ring (bicyclic) bond motifs is 1. The Morgan fingerprint density at radius 3 is 2.58 bits per heavy atom. The highest BCUT2D eigenvalue weighted by molar-refractivity contribution is 7.89. The van der Waals surface area contributed by atoms with E-state index in [1.54, 1.807) is 24.0 Å². The second kappa shape index (κ2) is 8.35. The van der Waals surface area contributed by atoms with Crippen molar-refractivity contribution in [1.82, 2.24) is 29.0 Å². The summed E-state index contributed by atoms with van der Waals surface area (Å²) in [5, 5.41) is 14.5. The van der Waals surface area contributed by atoms with E-state index in [1.165, 1.54) is 10.6 Å². The molecule has 1 aliphatic rings. The first kappa shape index (κ1) is 22.8.